The van der Waals surface area contributed by atoms with Crippen LogP contribution in [0.3, 0.4) is 0 Å². The Balaban J connectivity index is 2.47. The third-order valence-electron chi connectivity index (χ3n) is 2.83. The van der Waals surface area contributed by atoms with E-state index in [0.717, 1.165) is 12.1 Å². The van der Waals surface area contributed by atoms with Crippen molar-refractivity contribution in [2.45, 2.75) is 19.2 Å². The summed E-state index contributed by atoms with van der Waals surface area (Å²) in [7, 11) is 0. The van der Waals surface area contributed by atoms with Crippen LogP contribution in [0.25, 0.3) is 0 Å². The second-order valence-corrected chi connectivity index (χ2v) is 4.21. The fourth-order valence-corrected chi connectivity index (χ4v) is 1.94. The Morgan fingerprint density at radius 3 is 2.52 bits per heavy atom. The van der Waals surface area contributed by atoms with Crippen molar-refractivity contribution >= 4 is 5.97 Å². The molecule has 8 heteroatoms. The maximum Gasteiger partial charge on any atom is 0.420 e. The number of carbonyl (C=O) groups excluding carboxylic acids is 1. The second kappa shape index (κ2) is 5.80. The van der Waals surface area contributed by atoms with E-state index in [2.05, 4.69) is 4.74 Å². The Morgan fingerprint density at radius 2 is 1.95 bits per heavy atom. The average Bonchev–Trinajstić information content (AvgIpc) is 2.44. The standard InChI is InChI=1S/C13H13F3O5/c1-2-19-12(18)9(17)7-3-4-8(13(14,15)16)11-10(7)20-5-6-21-11/h3-4,9,17H,2,5-6H2,1H3. The molecule has 1 aliphatic rings. The molecule has 1 aliphatic heterocycles. The number of carbonyl (C=O) groups is 1. The van der Waals surface area contributed by atoms with E-state index in [4.69, 9.17) is 9.47 Å². The van der Waals surface area contributed by atoms with Crippen LogP contribution in [-0.2, 0) is 15.7 Å². The fraction of sp³-hybridized carbons (Fsp3) is 0.462. The number of esters is 1. The third kappa shape index (κ3) is 3.05. The zero-order valence-electron chi connectivity index (χ0n) is 11.1. The molecule has 1 aromatic rings. The van der Waals surface area contributed by atoms with Gasteiger partial charge in [0.1, 0.15) is 18.8 Å². The number of aliphatic hydroxyl groups is 1. The monoisotopic (exact) mass is 306 g/mol. The summed E-state index contributed by atoms with van der Waals surface area (Å²) < 4.78 is 53.5. The molecule has 0 radical (unpaired) electrons. The molecule has 0 amide bonds. The van der Waals surface area contributed by atoms with E-state index in [-0.39, 0.29) is 31.1 Å². The first-order valence-corrected chi connectivity index (χ1v) is 6.20. The number of hydrogen-bond donors (Lipinski definition) is 1. The number of alkyl halides is 3. The highest BCUT2D eigenvalue weighted by atomic mass is 19.4. The Hall–Kier alpha value is -1.96. The zero-order valence-corrected chi connectivity index (χ0v) is 11.1. The highest BCUT2D eigenvalue weighted by Crippen LogP contribution is 2.46. The van der Waals surface area contributed by atoms with E-state index < -0.39 is 29.6 Å². The van der Waals surface area contributed by atoms with Gasteiger partial charge in [0.2, 0.25) is 0 Å². The molecule has 0 aromatic heterocycles. The molecule has 1 heterocycles. The maximum atomic E-state index is 12.9. The van der Waals surface area contributed by atoms with E-state index >= 15 is 0 Å². The quantitative estimate of drug-likeness (QED) is 0.866. The summed E-state index contributed by atoms with van der Waals surface area (Å²) in [5, 5.41) is 9.88. The minimum atomic E-state index is -4.63. The summed E-state index contributed by atoms with van der Waals surface area (Å²) in [5.41, 5.74) is -1.13. The Bertz CT molecular complexity index is 541. The number of benzene rings is 1. The van der Waals surface area contributed by atoms with Crippen molar-refractivity contribution < 1.29 is 37.3 Å². The molecule has 0 bridgehead atoms. The van der Waals surface area contributed by atoms with Crippen LogP contribution in [0.4, 0.5) is 13.2 Å². The van der Waals surface area contributed by atoms with Gasteiger partial charge in [0.05, 0.1) is 6.61 Å². The van der Waals surface area contributed by atoms with Gasteiger partial charge in [-0.1, -0.05) is 6.07 Å². The van der Waals surface area contributed by atoms with E-state index in [1.807, 2.05) is 0 Å². The van der Waals surface area contributed by atoms with Crippen LogP contribution in [-0.4, -0.2) is 30.9 Å². The maximum absolute atomic E-state index is 12.9. The van der Waals surface area contributed by atoms with Crippen LogP contribution < -0.4 is 9.47 Å². The first kappa shape index (κ1) is 15.4. The number of halogens is 3. The first-order valence-electron chi connectivity index (χ1n) is 6.20. The molecule has 0 spiro atoms. The molecule has 1 atom stereocenters. The number of rotatable bonds is 3. The zero-order chi connectivity index (χ0) is 15.6. The van der Waals surface area contributed by atoms with Gasteiger partial charge in [-0.05, 0) is 13.0 Å². The highest BCUT2D eigenvalue weighted by Gasteiger charge is 2.39. The van der Waals surface area contributed by atoms with E-state index in [9.17, 15) is 23.1 Å². The van der Waals surface area contributed by atoms with Crippen LogP contribution >= 0.6 is 0 Å². The second-order valence-electron chi connectivity index (χ2n) is 4.21. The van der Waals surface area contributed by atoms with Gasteiger partial charge in [0.25, 0.3) is 0 Å². The summed E-state index contributed by atoms with van der Waals surface area (Å²) in [5.74, 6) is -1.76. The lowest BCUT2D eigenvalue weighted by Crippen LogP contribution is -2.23. The molecule has 0 fully saturated rings. The molecule has 116 valence electrons. The van der Waals surface area contributed by atoms with Gasteiger partial charge in [-0.15, -0.1) is 0 Å². The van der Waals surface area contributed by atoms with Gasteiger partial charge in [-0.3, -0.25) is 0 Å². The van der Waals surface area contributed by atoms with Crippen LogP contribution in [0.5, 0.6) is 11.5 Å². The summed E-state index contributed by atoms with van der Waals surface area (Å²) in [6.45, 7) is 1.56. The van der Waals surface area contributed by atoms with Crippen molar-refractivity contribution in [3.63, 3.8) is 0 Å². The minimum absolute atomic E-state index is 0.0247. The van der Waals surface area contributed by atoms with Gasteiger partial charge in [-0.25, -0.2) is 4.79 Å². The molecular formula is C13H13F3O5. The van der Waals surface area contributed by atoms with Gasteiger partial charge in [-0.2, -0.15) is 13.2 Å². The number of aliphatic hydroxyl groups excluding tert-OH is 1. The minimum Gasteiger partial charge on any atom is -0.486 e. The normalized spacial score (nSPS) is 15.5. The van der Waals surface area contributed by atoms with Gasteiger partial charge in [0, 0.05) is 5.56 Å². The Labute approximate surface area is 118 Å². The molecule has 0 saturated heterocycles. The van der Waals surface area contributed by atoms with Crippen molar-refractivity contribution in [1.29, 1.82) is 0 Å². The highest BCUT2D eigenvalue weighted by molar-refractivity contribution is 5.78. The largest absolute Gasteiger partial charge is 0.486 e. The third-order valence-corrected chi connectivity index (χ3v) is 2.83. The first-order chi connectivity index (χ1) is 9.86. The van der Waals surface area contributed by atoms with Crippen LogP contribution in [0.15, 0.2) is 12.1 Å². The van der Waals surface area contributed by atoms with Crippen LogP contribution in [0, 0.1) is 0 Å². The van der Waals surface area contributed by atoms with E-state index in [1.165, 1.54) is 0 Å². The molecule has 5 nitrogen and oxygen atoms in total. The predicted octanol–water partition coefficient (Wildman–Crippen LogP) is 2.07. The Kier molecular flexibility index (Phi) is 4.26. The molecule has 1 N–H and O–H groups in total. The van der Waals surface area contributed by atoms with Gasteiger partial charge in [0.15, 0.2) is 17.6 Å². The Morgan fingerprint density at radius 1 is 1.33 bits per heavy atom. The smallest absolute Gasteiger partial charge is 0.420 e. The molecule has 2 rings (SSSR count). The van der Waals surface area contributed by atoms with Crippen molar-refractivity contribution in [2.24, 2.45) is 0 Å². The lowest BCUT2D eigenvalue weighted by atomic mass is 10.0. The molecule has 1 aromatic carbocycles. The molecule has 1 unspecified atom stereocenters. The number of ether oxygens (including phenoxy) is 3. The summed E-state index contributed by atoms with van der Waals surface area (Å²) >= 11 is 0. The van der Waals surface area contributed by atoms with E-state index in [1.54, 1.807) is 6.92 Å². The van der Waals surface area contributed by atoms with E-state index in [0.29, 0.717) is 0 Å². The van der Waals surface area contributed by atoms with Crippen molar-refractivity contribution in [3.8, 4) is 11.5 Å². The van der Waals surface area contributed by atoms with Crippen molar-refractivity contribution in [3.05, 3.63) is 23.3 Å². The predicted molar refractivity (Wildman–Crippen MR) is 64.0 cm³/mol. The van der Waals surface area contributed by atoms with Gasteiger partial charge < -0.3 is 19.3 Å². The summed E-state index contributed by atoms with van der Waals surface area (Å²) in [6.07, 6.45) is -6.36. The lowest BCUT2D eigenvalue weighted by molar-refractivity contribution is -0.153. The SMILES string of the molecule is CCOC(=O)C(O)c1ccc(C(F)(F)F)c2c1OCCO2. The summed E-state index contributed by atoms with van der Waals surface area (Å²) in [4.78, 5) is 11.5. The molecular weight excluding hydrogens is 293 g/mol. The summed E-state index contributed by atoms with van der Waals surface area (Å²) in [6, 6.07) is 1.73. The average molecular weight is 306 g/mol. The molecule has 0 saturated carbocycles. The molecule has 21 heavy (non-hydrogen) atoms. The topological polar surface area (TPSA) is 65.0 Å². The number of hydrogen-bond acceptors (Lipinski definition) is 5. The fourth-order valence-electron chi connectivity index (χ4n) is 1.94. The molecule has 0 aliphatic carbocycles. The van der Waals surface area contributed by atoms with Gasteiger partial charge >= 0.3 is 12.1 Å². The van der Waals surface area contributed by atoms with Crippen molar-refractivity contribution in [2.75, 3.05) is 19.8 Å². The van der Waals surface area contributed by atoms with Crippen LogP contribution in [0.2, 0.25) is 0 Å². The number of fused-ring (bicyclic) bond motifs is 1. The van der Waals surface area contributed by atoms with Crippen molar-refractivity contribution in [1.82, 2.24) is 0 Å². The van der Waals surface area contributed by atoms with Crippen LogP contribution in [0.1, 0.15) is 24.2 Å². The lowest BCUT2D eigenvalue weighted by Gasteiger charge is -2.25.